The minimum Gasteiger partial charge on any atom is -0.385 e. The Kier molecular flexibility index (Phi) is 6.88. The zero-order valence-corrected chi connectivity index (χ0v) is 21.5. The van der Waals surface area contributed by atoms with E-state index in [1.54, 1.807) is 24.5 Å². The summed E-state index contributed by atoms with van der Waals surface area (Å²) >= 11 is 1.79. The molecule has 0 saturated carbocycles. The molecule has 0 unspecified atom stereocenters. The third-order valence-corrected chi connectivity index (χ3v) is 8.51. The Hall–Kier alpha value is -2.59. The average molecular weight is 510 g/mol. The van der Waals surface area contributed by atoms with Gasteiger partial charge in [-0.05, 0) is 62.5 Å². The number of hydrogen-bond donors (Lipinski definition) is 1. The highest BCUT2D eigenvalue weighted by Gasteiger charge is 2.23. The number of halogens is 1. The van der Waals surface area contributed by atoms with Crippen molar-refractivity contribution in [2.24, 2.45) is 5.92 Å². The number of ether oxygens (including phenoxy) is 2. The van der Waals surface area contributed by atoms with Crippen LogP contribution in [0.4, 0.5) is 10.2 Å². The number of benzene rings is 1. The van der Waals surface area contributed by atoms with Crippen LogP contribution >= 0.6 is 11.3 Å². The van der Waals surface area contributed by atoms with Gasteiger partial charge in [0.25, 0.3) is 0 Å². The predicted octanol–water partition coefficient (Wildman–Crippen LogP) is 5.06. The number of H-pyrrole nitrogens is 1. The van der Waals surface area contributed by atoms with Gasteiger partial charge in [-0.3, -0.25) is 4.90 Å². The van der Waals surface area contributed by atoms with Gasteiger partial charge in [-0.1, -0.05) is 0 Å². The van der Waals surface area contributed by atoms with Gasteiger partial charge in [0, 0.05) is 60.9 Å². The molecule has 2 fully saturated rings. The van der Waals surface area contributed by atoms with E-state index in [9.17, 15) is 4.39 Å². The number of nitrogens with one attached hydrogen (secondary N) is 1. The van der Waals surface area contributed by atoms with Crippen LogP contribution in [0.25, 0.3) is 32.5 Å². The van der Waals surface area contributed by atoms with Crippen LogP contribution in [0.2, 0.25) is 0 Å². The molecule has 7 nitrogen and oxygen atoms in total. The smallest absolute Gasteiger partial charge is 0.163 e. The van der Waals surface area contributed by atoms with Crippen molar-refractivity contribution < 1.29 is 13.9 Å². The summed E-state index contributed by atoms with van der Waals surface area (Å²) in [5.74, 6) is 1.97. The number of rotatable bonds is 7. The lowest BCUT2D eigenvalue weighted by molar-refractivity contribution is 0.122. The fraction of sp³-hybridized carbons (Fsp3) is 0.481. The topological polar surface area (TPSA) is 66.5 Å². The van der Waals surface area contributed by atoms with Crippen LogP contribution < -0.4 is 4.90 Å². The Morgan fingerprint density at radius 1 is 1.14 bits per heavy atom. The number of fused-ring (bicyclic) bond motifs is 2. The van der Waals surface area contributed by atoms with E-state index < -0.39 is 0 Å². The number of nitrogens with zero attached hydrogens (tertiary/aromatic N) is 4. The maximum Gasteiger partial charge on any atom is 0.163 e. The summed E-state index contributed by atoms with van der Waals surface area (Å²) in [5.41, 5.74) is 2.40. The van der Waals surface area contributed by atoms with Crippen molar-refractivity contribution in [3.63, 3.8) is 0 Å². The van der Waals surface area contributed by atoms with Crippen LogP contribution in [0, 0.1) is 11.7 Å². The third-order valence-electron chi connectivity index (χ3n) is 7.41. The Morgan fingerprint density at radius 3 is 2.78 bits per heavy atom. The molecule has 2 aliphatic rings. The maximum absolute atomic E-state index is 14.5. The minimum absolute atomic E-state index is 0.295. The molecule has 1 N–H and O–H groups in total. The van der Waals surface area contributed by atoms with Crippen LogP contribution in [0.1, 0.15) is 24.1 Å². The Labute approximate surface area is 214 Å². The summed E-state index contributed by atoms with van der Waals surface area (Å²) in [7, 11) is 1.78. The summed E-state index contributed by atoms with van der Waals surface area (Å²) in [6.07, 6.45) is 5.44. The van der Waals surface area contributed by atoms with Crippen LogP contribution in [0.15, 0.2) is 30.5 Å². The van der Waals surface area contributed by atoms with Crippen molar-refractivity contribution in [1.82, 2.24) is 19.9 Å². The van der Waals surface area contributed by atoms with Crippen molar-refractivity contribution in [3.8, 4) is 11.4 Å². The highest BCUT2D eigenvalue weighted by Crippen LogP contribution is 2.37. The fourth-order valence-corrected chi connectivity index (χ4v) is 6.56. The first-order valence-electron chi connectivity index (χ1n) is 12.8. The number of likely N-dealkylation sites (tertiary alicyclic amines) is 1. The number of hydrogen-bond acceptors (Lipinski definition) is 7. The highest BCUT2D eigenvalue weighted by atomic mass is 32.1. The van der Waals surface area contributed by atoms with Crippen molar-refractivity contribution >= 4 is 38.3 Å². The number of thiophene rings is 1. The van der Waals surface area contributed by atoms with Gasteiger partial charge in [0.1, 0.15) is 5.82 Å². The van der Waals surface area contributed by atoms with Crippen LogP contribution in [-0.2, 0) is 16.0 Å². The van der Waals surface area contributed by atoms with Crippen molar-refractivity contribution in [1.29, 1.82) is 0 Å². The van der Waals surface area contributed by atoms with Gasteiger partial charge in [-0.2, -0.15) is 0 Å². The number of anilines is 1. The molecule has 0 atom stereocenters. The normalized spacial score (nSPS) is 18.0. The maximum atomic E-state index is 14.5. The molecule has 5 heterocycles. The Morgan fingerprint density at radius 2 is 1.97 bits per heavy atom. The molecule has 0 spiro atoms. The number of morpholine rings is 1. The summed E-state index contributed by atoms with van der Waals surface area (Å²) in [6, 6.07) is 7.23. The standard InChI is InChI=1S/C27H32FN5O2S/c1-34-11-5-18-3-7-32(8-4-18)17-20-16-24-25(36-20)27(33-9-12-35-13-10-33)31-26(30-24)22-14-19(28)15-23-21(22)2-6-29-23/h2,6,14-16,18,29H,3-5,7-13,17H2,1H3. The van der Waals surface area contributed by atoms with Gasteiger partial charge >= 0.3 is 0 Å². The molecule has 0 aliphatic carbocycles. The number of piperidine rings is 1. The minimum atomic E-state index is -0.295. The third kappa shape index (κ3) is 4.85. The molecule has 2 saturated heterocycles. The molecule has 1 aromatic carbocycles. The van der Waals surface area contributed by atoms with Crippen LogP contribution in [0.5, 0.6) is 0 Å². The lowest BCUT2D eigenvalue weighted by atomic mass is 9.94. The average Bonchev–Trinajstić information content (AvgIpc) is 3.54. The van der Waals surface area contributed by atoms with E-state index in [2.05, 4.69) is 20.9 Å². The van der Waals surface area contributed by atoms with Gasteiger partial charge in [0.05, 0.1) is 23.4 Å². The van der Waals surface area contributed by atoms with Gasteiger partial charge in [-0.15, -0.1) is 11.3 Å². The molecule has 36 heavy (non-hydrogen) atoms. The number of methoxy groups -OCH3 is 1. The molecule has 0 bridgehead atoms. The largest absolute Gasteiger partial charge is 0.385 e. The van der Waals surface area contributed by atoms with E-state index >= 15 is 0 Å². The molecule has 9 heteroatoms. The first kappa shape index (κ1) is 23.8. The Bertz CT molecular complexity index is 1340. The molecular weight excluding hydrogens is 477 g/mol. The second-order valence-corrected chi connectivity index (χ2v) is 10.9. The predicted molar refractivity (Wildman–Crippen MR) is 142 cm³/mol. The zero-order valence-electron chi connectivity index (χ0n) is 20.6. The van der Waals surface area contributed by atoms with Crippen LogP contribution in [0.3, 0.4) is 0 Å². The number of aromatic nitrogens is 3. The van der Waals surface area contributed by atoms with Gasteiger partial charge < -0.3 is 19.4 Å². The van der Waals surface area contributed by atoms with Gasteiger partial charge in [0.15, 0.2) is 11.6 Å². The molecule has 2 aliphatic heterocycles. The molecule has 4 aromatic rings. The monoisotopic (exact) mass is 509 g/mol. The molecule has 190 valence electrons. The lowest BCUT2D eigenvalue weighted by Gasteiger charge is -2.31. The molecule has 3 aromatic heterocycles. The summed E-state index contributed by atoms with van der Waals surface area (Å²) in [6.45, 7) is 6.95. The molecule has 0 radical (unpaired) electrons. The van der Waals surface area contributed by atoms with E-state index in [4.69, 9.17) is 19.4 Å². The first-order chi connectivity index (χ1) is 17.7. The van der Waals surface area contributed by atoms with E-state index in [-0.39, 0.29) is 5.82 Å². The van der Waals surface area contributed by atoms with E-state index in [1.807, 2.05) is 12.3 Å². The quantitative estimate of drug-likeness (QED) is 0.376. The lowest BCUT2D eigenvalue weighted by Crippen LogP contribution is -2.36. The first-order valence-corrected chi connectivity index (χ1v) is 13.6. The van der Waals surface area contributed by atoms with Crippen molar-refractivity contribution in [3.05, 3.63) is 41.2 Å². The second-order valence-electron chi connectivity index (χ2n) is 9.79. The number of aromatic amines is 1. The van der Waals surface area contributed by atoms with Crippen LogP contribution in [-0.4, -0.2) is 73.0 Å². The van der Waals surface area contributed by atoms with E-state index in [0.29, 0.717) is 24.6 Å². The molecule has 6 rings (SSSR count). The summed E-state index contributed by atoms with van der Waals surface area (Å²) < 4.78 is 26.5. The highest BCUT2D eigenvalue weighted by molar-refractivity contribution is 7.19. The molecular formula is C27H32FN5O2S. The van der Waals surface area contributed by atoms with E-state index in [1.165, 1.54) is 23.8 Å². The Balaban J connectivity index is 1.33. The zero-order chi connectivity index (χ0) is 24.5. The van der Waals surface area contributed by atoms with Gasteiger partial charge in [-0.25, -0.2) is 14.4 Å². The van der Waals surface area contributed by atoms with Crippen molar-refractivity contribution in [2.45, 2.75) is 25.8 Å². The molecule has 0 amide bonds. The summed E-state index contributed by atoms with van der Waals surface area (Å²) in [5, 5.41) is 0.926. The summed E-state index contributed by atoms with van der Waals surface area (Å²) in [4.78, 5) is 19.2. The van der Waals surface area contributed by atoms with E-state index in [0.717, 1.165) is 78.6 Å². The SMILES string of the molecule is COCCC1CCN(Cc2cc3nc(-c4cc(F)cc5[nH]ccc45)nc(N4CCOCC4)c3s2)CC1. The fourth-order valence-electron chi connectivity index (χ4n) is 5.41. The van der Waals surface area contributed by atoms with Gasteiger partial charge in [0.2, 0.25) is 0 Å². The van der Waals surface area contributed by atoms with Crippen molar-refractivity contribution in [2.75, 3.05) is 58.0 Å². The second kappa shape index (κ2) is 10.4.